The van der Waals surface area contributed by atoms with Crippen molar-refractivity contribution in [2.75, 3.05) is 57.8 Å². The minimum Gasteiger partial charge on any atom is -0.314 e. The molecule has 1 saturated heterocycles. The summed E-state index contributed by atoms with van der Waals surface area (Å²) in [6.07, 6.45) is 2.54. The van der Waals surface area contributed by atoms with Crippen molar-refractivity contribution in [2.24, 2.45) is 0 Å². The Labute approximate surface area is 118 Å². The Morgan fingerprint density at radius 2 is 1.95 bits per heavy atom. The molecule has 0 aliphatic carbocycles. The third kappa shape index (κ3) is 6.70. The van der Waals surface area contributed by atoms with Gasteiger partial charge in [0.2, 0.25) is 0 Å². The summed E-state index contributed by atoms with van der Waals surface area (Å²) >= 11 is 0. The van der Waals surface area contributed by atoms with Crippen molar-refractivity contribution in [3.05, 3.63) is 0 Å². The van der Waals surface area contributed by atoms with E-state index in [1.807, 2.05) is 0 Å². The summed E-state index contributed by atoms with van der Waals surface area (Å²) in [6, 6.07) is 0.700. The number of hydrogen-bond acceptors (Lipinski definition) is 5. The van der Waals surface area contributed by atoms with Gasteiger partial charge in [-0.3, -0.25) is 4.90 Å². The number of nitrogens with zero attached hydrogens (tertiary/aromatic N) is 2. The molecule has 1 N–H and O–H groups in total. The fraction of sp³-hybridized carbons (Fsp3) is 1.00. The molecule has 1 fully saturated rings. The molecule has 19 heavy (non-hydrogen) atoms. The Hall–Kier alpha value is -0.170. The maximum Gasteiger partial charge on any atom is 0.148 e. The van der Waals surface area contributed by atoms with Gasteiger partial charge in [0, 0.05) is 38.5 Å². The van der Waals surface area contributed by atoms with E-state index in [2.05, 4.69) is 29.0 Å². The van der Waals surface area contributed by atoms with Crippen LogP contribution in [-0.4, -0.2) is 82.1 Å². The molecule has 114 valence electrons. The van der Waals surface area contributed by atoms with E-state index in [9.17, 15) is 8.42 Å². The number of likely N-dealkylation sites (tertiary alicyclic amines) is 1. The fourth-order valence-electron chi connectivity index (χ4n) is 2.67. The molecule has 0 spiro atoms. The van der Waals surface area contributed by atoms with Crippen LogP contribution < -0.4 is 5.32 Å². The Morgan fingerprint density at radius 3 is 2.53 bits per heavy atom. The minimum absolute atomic E-state index is 0.231. The first-order valence-electron chi connectivity index (χ1n) is 7.31. The lowest BCUT2D eigenvalue weighted by Gasteiger charge is -2.26. The number of rotatable bonds is 9. The summed E-state index contributed by atoms with van der Waals surface area (Å²) in [4.78, 5) is 4.99. The van der Waals surface area contributed by atoms with Gasteiger partial charge in [0.15, 0.2) is 0 Å². The molecule has 0 saturated carbocycles. The van der Waals surface area contributed by atoms with E-state index in [4.69, 9.17) is 0 Å². The van der Waals surface area contributed by atoms with Gasteiger partial charge in [-0.2, -0.15) is 0 Å². The van der Waals surface area contributed by atoms with E-state index in [0.29, 0.717) is 12.6 Å². The SMILES string of the molecule is CCN(CC)C1CCN(CCNCCS(C)(=O)=O)C1. The van der Waals surface area contributed by atoms with E-state index in [1.54, 1.807) is 0 Å². The second kappa shape index (κ2) is 8.19. The lowest BCUT2D eigenvalue weighted by Crippen LogP contribution is -2.38. The van der Waals surface area contributed by atoms with Crippen molar-refractivity contribution in [3.63, 3.8) is 0 Å². The smallest absolute Gasteiger partial charge is 0.148 e. The Balaban J connectivity index is 2.12. The highest BCUT2D eigenvalue weighted by Gasteiger charge is 2.25. The van der Waals surface area contributed by atoms with Crippen LogP contribution in [0, 0.1) is 0 Å². The molecule has 1 heterocycles. The Bertz CT molecular complexity index is 342. The van der Waals surface area contributed by atoms with Crippen molar-refractivity contribution in [3.8, 4) is 0 Å². The predicted molar refractivity (Wildman–Crippen MR) is 80.3 cm³/mol. The first-order chi connectivity index (χ1) is 8.96. The van der Waals surface area contributed by atoms with Gasteiger partial charge < -0.3 is 10.2 Å². The summed E-state index contributed by atoms with van der Waals surface area (Å²) in [6.45, 7) is 11.5. The third-order valence-corrected chi connectivity index (χ3v) is 4.78. The molecule has 0 bridgehead atoms. The van der Waals surface area contributed by atoms with Gasteiger partial charge in [-0.25, -0.2) is 8.42 Å². The molecule has 6 heteroatoms. The summed E-state index contributed by atoms with van der Waals surface area (Å²) in [7, 11) is -2.83. The zero-order chi connectivity index (χ0) is 14.3. The molecule has 0 radical (unpaired) electrons. The maximum atomic E-state index is 11.0. The van der Waals surface area contributed by atoms with Crippen molar-refractivity contribution in [1.29, 1.82) is 0 Å². The molecule has 0 aromatic heterocycles. The minimum atomic E-state index is -2.83. The molecule has 1 unspecified atom stereocenters. The van der Waals surface area contributed by atoms with Crippen molar-refractivity contribution >= 4 is 9.84 Å². The number of nitrogens with one attached hydrogen (secondary N) is 1. The summed E-state index contributed by atoms with van der Waals surface area (Å²) in [5, 5.41) is 3.21. The molecule has 0 aromatic rings. The van der Waals surface area contributed by atoms with Crippen LogP contribution in [0.1, 0.15) is 20.3 Å². The molecule has 1 aliphatic rings. The van der Waals surface area contributed by atoms with Crippen LogP contribution in [0.4, 0.5) is 0 Å². The van der Waals surface area contributed by atoms with Gasteiger partial charge in [0.05, 0.1) is 5.75 Å². The van der Waals surface area contributed by atoms with Gasteiger partial charge in [0.1, 0.15) is 9.84 Å². The molecular weight excluding hydrogens is 262 g/mol. The van der Waals surface area contributed by atoms with Crippen molar-refractivity contribution < 1.29 is 8.42 Å². The predicted octanol–water partition coefficient (Wildman–Crippen LogP) is 0.0367. The third-order valence-electron chi connectivity index (χ3n) is 3.83. The zero-order valence-electron chi connectivity index (χ0n) is 12.6. The second-order valence-corrected chi connectivity index (χ2v) is 7.60. The van der Waals surface area contributed by atoms with Gasteiger partial charge in [-0.15, -0.1) is 0 Å². The van der Waals surface area contributed by atoms with Crippen LogP contribution in [0.5, 0.6) is 0 Å². The van der Waals surface area contributed by atoms with Crippen molar-refractivity contribution in [2.45, 2.75) is 26.3 Å². The highest BCUT2D eigenvalue weighted by Crippen LogP contribution is 2.14. The summed E-state index contributed by atoms with van der Waals surface area (Å²) in [5.41, 5.74) is 0. The molecule has 1 rings (SSSR count). The molecule has 5 nitrogen and oxygen atoms in total. The van der Waals surface area contributed by atoms with Crippen LogP contribution in [0.15, 0.2) is 0 Å². The normalized spacial score (nSPS) is 21.4. The summed E-state index contributed by atoms with van der Waals surface area (Å²) < 4.78 is 22.0. The van der Waals surface area contributed by atoms with E-state index in [1.165, 1.54) is 12.7 Å². The van der Waals surface area contributed by atoms with E-state index >= 15 is 0 Å². The second-order valence-electron chi connectivity index (χ2n) is 5.34. The van der Waals surface area contributed by atoms with Crippen LogP contribution in [-0.2, 0) is 9.84 Å². The van der Waals surface area contributed by atoms with Gasteiger partial charge in [-0.1, -0.05) is 13.8 Å². The van der Waals surface area contributed by atoms with Crippen LogP contribution in [0.3, 0.4) is 0 Å². The van der Waals surface area contributed by atoms with Crippen LogP contribution >= 0.6 is 0 Å². The Kier molecular flexibility index (Phi) is 7.28. The lowest BCUT2D eigenvalue weighted by atomic mass is 10.2. The zero-order valence-corrected chi connectivity index (χ0v) is 13.4. The van der Waals surface area contributed by atoms with Gasteiger partial charge in [0.25, 0.3) is 0 Å². The monoisotopic (exact) mass is 291 g/mol. The van der Waals surface area contributed by atoms with E-state index in [0.717, 1.165) is 39.3 Å². The number of hydrogen-bond donors (Lipinski definition) is 1. The lowest BCUT2D eigenvalue weighted by molar-refractivity contribution is 0.211. The van der Waals surface area contributed by atoms with Gasteiger partial charge in [-0.05, 0) is 26.1 Å². The van der Waals surface area contributed by atoms with Crippen LogP contribution in [0.2, 0.25) is 0 Å². The highest BCUT2D eigenvalue weighted by atomic mass is 32.2. The Morgan fingerprint density at radius 1 is 1.26 bits per heavy atom. The topological polar surface area (TPSA) is 52.6 Å². The average Bonchev–Trinajstić information content (AvgIpc) is 2.77. The average molecular weight is 291 g/mol. The first kappa shape index (κ1) is 16.9. The number of sulfone groups is 1. The molecule has 0 amide bonds. The van der Waals surface area contributed by atoms with E-state index in [-0.39, 0.29) is 5.75 Å². The first-order valence-corrected chi connectivity index (χ1v) is 9.37. The molecule has 1 atom stereocenters. The highest BCUT2D eigenvalue weighted by molar-refractivity contribution is 7.90. The fourth-order valence-corrected chi connectivity index (χ4v) is 3.19. The van der Waals surface area contributed by atoms with Crippen molar-refractivity contribution in [1.82, 2.24) is 15.1 Å². The van der Waals surface area contributed by atoms with Gasteiger partial charge >= 0.3 is 0 Å². The maximum absolute atomic E-state index is 11.0. The van der Waals surface area contributed by atoms with Crippen LogP contribution in [0.25, 0.3) is 0 Å². The molecule has 0 aromatic carbocycles. The summed E-state index contributed by atoms with van der Waals surface area (Å²) in [5.74, 6) is 0.231. The number of likely N-dealkylation sites (N-methyl/N-ethyl adjacent to an activating group) is 1. The molecule has 1 aliphatic heterocycles. The quantitative estimate of drug-likeness (QED) is 0.608. The largest absolute Gasteiger partial charge is 0.314 e. The van der Waals surface area contributed by atoms with E-state index < -0.39 is 9.84 Å². The molecular formula is C13H29N3O2S. The standard InChI is InChI=1S/C13H29N3O2S/c1-4-16(5-2)13-6-9-15(12-13)10-7-14-8-11-19(3,17)18/h13-14H,4-12H2,1-3H3.